The fraction of sp³-hybridized carbons (Fsp3) is 0.611. The van der Waals surface area contributed by atoms with Crippen LogP contribution in [0.1, 0.15) is 54.4 Å². The molecule has 3 saturated carbocycles. The molecule has 1 N–H and O–H groups in total. The molecule has 0 atom stereocenters. The van der Waals surface area contributed by atoms with Gasteiger partial charge < -0.3 is 5.32 Å². The van der Waals surface area contributed by atoms with E-state index >= 15 is 0 Å². The summed E-state index contributed by atoms with van der Waals surface area (Å²) < 4.78 is 103. The lowest BCUT2D eigenvalue weighted by Crippen LogP contribution is -2.59. The Balaban J connectivity index is 1.90. The van der Waals surface area contributed by atoms with Crippen molar-refractivity contribution in [2.75, 3.05) is 6.26 Å². The van der Waals surface area contributed by atoms with Crippen LogP contribution in [-0.4, -0.2) is 32.3 Å². The van der Waals surface area contributed by atoms with E-state index in [0.717, 1.165) is 12.3 Å². The van der Waals surface area contributed by atoms with Gasteiger partial charge in [0, 0.05) is 11.8 Å². The maximum atomic E-state index is 13.4. The molecule has 0 heterocycles. The van der Waals surface area contributed by atoms with Gasteiger partial charge in [0.15, 0.2) is 9.84 Å². The SMILES string of the molecule is CS(=O)(=O)c1ccc(C(F)(F)F)cc1C(=O)NC12CCC(C(F)(F)F)(CC1)CC2. The standard InChI is InChI=1S/C18H19F6NO3S/c1-29(27,28)13-3-2-11(17(19,20)21)10-12(13)14(26)25-16-7-4-15(5-8-16,6-9-16)18(22,23)24/h2-3,10H,4-9H2,1H3,(H,25,26). The van der Waals surface area contributed by atoms with Gasteiger partial charge in [0.1, 0.15) is 0 Å². The molecule has 1 aromatic carbocycles. The number of halogens is 6. The van der Waals surface area contributed by atoms with Gasteiger partial charge in [-0.05, 0) is 56.7 Å². The Hall–Kier alpha value is -1.78. The lowest BCUT2D eigenvalue weighted by molar-refractivity contribution is -0.253. The fourth-order valence-corrected chi connectivity index (χ4v) is 5.18. The molecule has 0 spiro atoms. The zero-order chi connectivity index (χ0) is 21.9. The van der Waals surface area contributed by atoms with Crippen LogP contribution in [0.4, 0.5) is 26.3 Å². The Labute approximate surface area is 163 Å². The molecule has 0 unspecified atom stereocenters. The smallest absolute Gasteiger partial charge is 0.347 e. The highest BCUT2D eigenvalue weighted by Gasteiger charge is 2.61. The molecule has 1 amide bonds. The third kappa shape index (κ3) is 3.97. The van der Waals surface area contributed by atoms with Crippen molar-refractivity contribution < 1.29 is 39.6 Å². The summed E-state index contributed by atoms with van der Waals surface area (Å²) in [6.07, 6.45) is -8.82. The Bertz CT molecular complexity index is 911. The first-order valence-electron chi connectivity index (χ1n) is 8.89. The summed E-state index contributed by atoms with van der Waals surface area (Å²) in [6, 6.07) is 1.76. The van der Waals surface area contributed by atoms with Crippen molar-refractivity contribution in [1.82, 2.24) is 5.32 Å². The number of nitrogens with one attached hydrogen (secondary N) is 1. The van der Waals surface area contributed by atoms with Crippen molar-refractivity contribution in [3.8, 4) is 0 Å². The van der Waals surface area contributed by atoms with E-state index < -0.39 is 55.1 Å². The summed E-state index contributed by atoms with van der Waals surface area (Å²) in [4.78, 5) is 12.2. The van der Waals surface area contributed by atoms with Gasteiger partial charge in [-0.3, -0.25) is 4.79 Å². The van der Waals surface area contributed by atoms with Crippen LogP contribution in [0.25, 0.3) is 0 Å². The van der Waals surface area contributed by atoms with Crippen LogP contribution in [0.3, 0.4) is 0 Å². The summed E-state index contributed by atoms with van der Waals surface area (Å²) in [7, 11) is -4.00. The number of amides is 1. The molecular formula is C18H19F6NO3S. The number of rotatable bonds is 3. The zero-order valence-electron chi connectivity index (χ0n) is 15.4. The van der Waals surface area contributed by atoms with Crippen molar-refractivity contribution >= 4 is 15.7 Å². The van der Waals surface area contributed by atoms with Gasteiger partial charge in [0.2, 0.25) is 0 Å². The van der Waals surface area contributed by atoms with Gasteiger partial charge in [-0.1, -0.05) is 0 Å². The second kappa shape index (κ2) is 6.61. The first-order chi connectivity index (χ1) is 13.1. The van der Waals surface area contributed by atoms with Gasteiger partial charge in [0.25, 0.3) is 5.91 Å². The summed E-state index contributed by atoms with van der Waals surface area (Å²) in [6.45, 7) is 0. The molecule has 4 rings (SSSR count). The topological polar surface area (TPSA) is 63.2 Å². The molecule has 3 aliphatic rings. The molecule has 0 aliphatic heterocycles. The number of carbonyl (C=O) groups is 1. The first-order valence-corrected chi connectivity index (χ1v) is 10.8. The van der Waals surface area contributed by atoms with Crippen LogP contribution in [-0.2, 0) is 16.0 Å². The first kappa shape index (κ1) is 21.9. The van der Waals surface area contributed by atoms with Crippen molar-refractivity contribution in [2.45, 2.75) is 61.3 Å². The maximum Gasteiger partial charge on any atom is 0.416 e. The number of hydrogen-bond donors (Lipinski definition) is 1. The Morgan fingerprint density at radius 2 is 1.48 bits per heavy atom. The minimum Gasteiger partial charge on any atom is -0.347 e. The third-order valence-corrected chi connectivity index (χ3v) is 7.33. The van der Waals surface area contributed by atoms with E-state index in [1.165, 1.54) is 0 Å². The van der Waals surface area contributed by atoms with Crippen LogP contribution in [0.2, 0.25) is 0 Å². The van der Waals surface area contributed by atoms with Crippen LogP contribution >= 0.6 is 0 Å². The molecule has 11 heteroatoms. The highest BCUT2D eigenvalue weighted by atomic mass is 32.2. The molecular weight excluding hydrogens is 424 g/mol. The Morgan fingerprint density at radius 3 is 1.90 bits per heavy atom. The maximum absolute atomic E-state index is 13.4. The van der Waals surface area contributed by atoms with Crippen LogP contribution in [0.5, 0.6) is 0 Å². The number of alkyl halides is 6. The van der Waals surface area contributed by atoms with Crippen molar-refractivity contribution in [1.29, 1.82) is 0 Å². The van der Waals surface area contributed by atoms with Gasteiger partial charge in [-0.2, -0.15) is 26.3 Å². The lowest BCUT2D eigenvalue weighted by atomic mass is 9.57. The van der Waals surface area contributed by atoms with E-state index in [-0.39, 0.29) is 38.5 Å². The van der Waals surface area contributed by atoms with E-state index in [9.17, 15) is 39.6 Å². The van der Waals surface area contributed by atoms with E-state index in [2.05, 4.69) is 5.32 Å². The normalized spacial score (nSPS) is 27.7. The highest BCUT2D eigenvalue weighted by Crippen LogP contribution is 2.59. The second-order valence-electron chi connectivity index (χ2n) is 7.99. The van der Waals surface area contributed by atoms with E-state index in [0.29, 0.717) is 12.1 Å². The van der Waals surface area contributed by atoms with Gasteiger partial charge in [-0.15, -0.1) is 0 Å². The predicted molar refractivity (Wildman–Crippen MR) is 90.9 cm³/mol. The average Bonchev–Trinajstić information content (AvgIpc) is 2.60. The molecule has 0 saturated heterocycles. The molecule has 29 heavy (non-hydrogen) atoms. The minimum absolute atomic E-state index is 0.0332. The number of carbonyl (C=O) groups excluding carboxylic acids is 1. The lowest BCUT2D eigenvalue weighted by Gasteiger charge is -2.53. The van der Waals surface area contributed by atoms with Crippen molar-refractivity contribution in [2.24, 2.45) is 5.41 Å². The average molecular weight is 443 g/mol. The highest BCUT2D eigenvalue weighted by molar-refractivity contribution is 7.90. The Morgan fingerprint density at radius 1 is 0.966 bits per heavy atom. The molecule has 4 nitrogen and oxygen atoms in total. The van der Waals surface area contributed by atoms with E-state index in [1.54, 1.807) is 0 Å². The zero-order valence-corrected chi connectivity index (χ0v) is 16.2. The van der Waals surface area contributed by atoms with E-state index in [4.69, 9.17) is 0 Å². The quantitative estimate of drug-likeness (QED) is 0.700. The van der Waals surface area contributed by atoms with Crippen molar-refractivity contribution in [3.63, 3.8) is 0 Å². The molecule has 162 valence electrons. The van der Waals surface area contributed by atoms with Crippen LogP contribution in [0, 0.1) is 5.41 Å². The van der Waals surface area contributed by atoms with Gasteiger partial charge in [-0.25, -0.2) is 8.42 Å². The summed E-state index contributed by atoms with van der Waals surface area (Å²) in [5, 5.41) is 2.56. The fourth-order valence-electron chi connectivity index (χ4n) is 4.31. The summed E-state index contributed by atoms with van der Waals surface area (Å²) in [5.41, 5.74) is -4.61. The van der Waals surface area contributed by atoms with Gasteiger partial charge in [0.05, 0.1) is 21.4 Å². The third-order valence-electron chi connectivity index (χ3n) is 6.18. The molecule has 3 aliphatic carbocycles. The predicted octanol–water partition coefficient (Wildman–Crippen LogP) is 4.49. The molecule has 0 radical (unpaired) electrons. The number of benzene rings is 1. The Kier molecular flexibility index (Phi) is 5.00. The van der Waals surface area contributed by atoms with Crippen LogP contribution < -0.4 is 5.32 Å². The molecule has 1 aromatic rings. The monoisotopic (exact) mass is 443 g/mol. The summed E-state index contributed by atoms with van der Waals surface area (Å²) >= 11 is 0. The van der Waals surface area contributed by atoms with Crippen LogP contribution in [0.15, 0.2) is 23.1 Å². The van der Waals surface area contributed by atoms with E-state index in [1.807, 2.05) is 0 Å². The van der Waals surface area contributed by atoms with Crippen molar-refractivity contribution in [3.05, 3.63) is 29.3 Å². The molecule has 2 bridgehead atoms. The molecule has 0 aromatic heterocycles. The molecule has 3 fully saturated rings. The number of fused-ring (bicyclic) bond motifs is 3. The summed E-state index contributed by atoms with van der Waals surface area (Å²) in [5.74, 6) is -1.03. The van der Waals surface area contributed by atoms with Gasteiger partial charge >= 0.3 is 12.4 Å². The second-order valence-corrected chi connectivity index (χ2v) is 9.98. The number of sulfone groups is 1. The largest absolute Gasteiger partial charge is 0.416 e. The minimum atomic E-state index is -4.79. The number of hydrogen-bond acceptors (Lipinski definition) is 3.